The number of nitrogens with one attached hydrogen (secondary N) is 3. The largest absolute Gasteiger partial charge is 0.325 e. The first-order valence-corrected chi connectivity index (χ1v) is 8.23. The summed E-state index contributed by atoms with van der Waals surface area (Å²) in [6.07, 6.45) is 1.59. The number of aromatic amines is 2. The van der Waals surface area contributed by atoms with E-state index < -0.39 is 17.2 Å². The molecule has 0 atom stereocenters. The fraction of sp³-hybridized carbons (Fsp3) is 0.0526. The second kappa shape index (κ2) is 7.72. The van der Waals surface area contributed by atoms with Crippen LogP contribution in [0, 0.1) is 6.92 Å². The highest BCUT2D eigenvalue weighted by atomic mass is 16.2. The number of hydrogen-bond donors (Lipinski definition) is 4. The molecule has 1 heterocycles. The van der Waals surface area contributed by atoms with Gasteiger partial charge in [0, 0.05) is 17.4 Å². The molecule has 0 saturated carbocycles. The number of aromatic nitrogens is 2. The van der Waals surface area contributed by atoms with Gasteiger partial charge in [-0.15, -0.1) is 0 Å². The Morgan fingerprint density at radius 1 is 1.18 bits per heavy atom. The molecule has 0 unspecified atom stereocenters. The molecule has 0 fully saturated rings. The molecule has 2 aromatic carbocycles. The van der Waals surface area contributed by atoms with Crippen molar-refractivity contribution >= 4 is 23.7 Å². The summed E-state index contributed by atoms with van der Waals surface area (Å²) in [5.41, 5.74) is 3.50. The fourth-order valence-corrected chi connectivity index (χ4v) is 2.85. The van der Waals surface area contributed by atoms with Crippen molar-refractivity contribution in [3.05, 3.63) is 80.6 Å². The van der Waals surface area contributed by atoms with Crippen molar-refractivity contribution in [2.75, 3.05) is 4.90 Å². The van der Waals surface area contributed by atoms with Gasteiger partial charge in [-0.05, 0) is 36.2 Å². The Kier molecular flexibility index (Phi) is 5.18. The molecule has 0 aliphatic heterocycles. The van der Waals surface area contributed by atoms with Gasteiger partial charge >= 0.3 is 5.69 Å². The average molecular weight is 379 g/mol. The van der Waals surface area contributed by atoms with E-state index in [9.17, 15) is 19.2 Å². The van der Waals surface area contributed by atoms with E-state index in [-0.39, 0.29) is 5.69 Å². The Morgan fingerprint density at radius 3 is 2.61 bits per heavy atom. The summed E-state index contributed by atoms with van der Waals surface area (Å²) in [5, 5.41) is 0. The average Bonchev–Trinajstić information content (AvgIpc) is 2.69. The number of amides is 2. The normalized spacial score (nSPS) is 10.4. The zero-order valence-electron chi connectivity index (χ0n) is 14.9. The Bertz CT molecular complexity index is 1170. The third kappa shape index (κ3) is 3.60. The van der Waals surface area contributed by atoms with E-state index in [1.165, 1.54) is 12.1 Å². The molecule has 2 amide bonds. The number of rotatable bonds is 5. The van der Waals surface area contributed by atoms with Crippen LogP contribution in [0.1, 0.15) is 15.9 Å². The molecule has 3 aromatic rings. The lowest BCUT2D eigenvalue weighted by Gasteiger charge is -2.19. The van der Waals surface area contributed by atoms with Gasteiger partial charge in [0.25, 0.3) is 11.5 Å². The molecule has 1 aromatic heterocycles. The quantitative estimate of drug-likeness (QED) is 0.226. The monoisotopic (exact) mass is 379 g/mol. The summed E-state index contributed by atoms with van der Waals surface area (Å²) >= 11 is 0. The highest BCUT2D eigenvalue weighted by molar-refractivity contribution is 6.02. The fourth-order valence-electron chi connectivity index (χ4n) is 2.85. The maximum atomic E-state index is 12.2. The van der Waals surface area contributed by atoms with Crippen molar-refractivity contribution in [3.63, 3.8) is 0 Å². The first-order valence-electron chi connectivity index (χ1n) is 8.23. The van der Waals surface area contributed by atoms with E-state index >= 15 is 0 Å². The zero-order chi connectivity index (χ0) is 20.3. The van der Waals surface area contributed by atoms with Gasteiger partial charge in [0.15, 0.2) is 0 Å². The number of carbonyl (C=O) groups excluding carboxylic acids is 2. The Hall–Kier alpha value is -3.98. The SMILES string of the molecule is Cc1cccc(-c2cc(N(C=O)c3c[nH]c(=O)[nH]c3=O)ccc2C(=O)NN)c1. The number of hydrazine groups is 1. The van der Waals surface area contributed by atoms with E-state index in [0.29, 0.717) is 23.2 Å². The number of anilines is 2. The summed E-state index contributed by atoms with van der Waals surface area (Å²) in [7, 11) is 0. The molecule has 142 valence electrons. The Morgan fingerprint density at radius 2 is 1.96 bits per heavy atom. The first-order chi connectivity index (χ1) is 13.4. The van der Waals surface area contributed by atoms with Gasteiger partial charge in [0.05, 0.1) is 0 Å². The third-order valence-electron chi connectivity index (χ3n) is 4.15. The van der Waals surface area contributed by atoms with Crippen LogP contribution in [0.5, 0.6) is 0 Å². The van der Waals surface area contributed by atoms with E-state index in [1.807, 2.05) is 31.2 Å². The summed E-state index contributed by atoms with van der Waals surface area (Å²) in [4.78, 5) is 52.7. The minimum absolute atomic E-state index is 0.0687. The number of H-pyrrole nitrogens is 2. The highest BCUT2D eigenvalue weighted by Crippen LogP contribution is 2.31. The van der Waals surface area contributed by atoms with Crippen LogP contribution in [0.3, 0.4) is 0 Å². The van der Waals surface area contributed by atoms with Crippen molar-refractivity contribution < 1.29 is 9.59 Å². The maximum Gasteiger partial charge on any atom is 0.325 e. The smallest absolute Gasteiger partial charge is 0.312 e. The van der Waals surface area contributed by atoms with Gasteiger partial charge in [-0.25, -0.2) is 10.6 Å². The number of nitrogens with two attached hydrogens (primary N) is 1. The van der Waals surface area contributed by atoms with E-state index in [0.717, 1.165) is 22.2 Å². The highest BCUT2D eigenvalue weighted by Gasteiger charge is 2.18. The van der Waals surface area contributed by atoms with E-state index in [1.54, 1.807) is 6.07 Å². The molecule has 0 aliphatic rings. The minimum Gasteiger partial charge on any atom is -0.312 e. The van der Waals surface area contributed by atoms with Gasteiger partial charge in [0.1, 0.15) is 5.69 Å². The van der Waals surface area contributed by atoms with Crippen LogP contribution in [-0.4, -0.2) is 22.3 Å². The molecule has 3 rings (SSSR count). The predicted octanol–water partition coefficient (Wildman–Crippen LogP) is 0.937. The number of nitrogen functional groups attached to an aromatic ring is 1. The molecule has 0 bridgehead atoms. The van der Waals surface area contributed by atoms with Crippen LogP contribution in [0.25, 0.3) is 11.1 Å². The number of aryl methyl sites for hydroxylation is 1. The Balaban J connectivity index is 2.20. The topological polar surface area (TPSA) is 141 Å². The standard InChI is InChI=1S/C19H17N5O4/c1-11-3-2-4-12(7-11)15-8-13(5-6-14(15)17(26)23-20)24(10-25)16-9-21-19(28)22-18(16)27/h2-10H,20H2,1H3,(H,23,26)(H2,21,22,27,28). The third-order valence-corrected chi connectivity index (χ3v) is 4.15. The van der Waals surface area contributed by atoms with Gasteiger partial charge in [0.2, 0.25) is 6.41 Å². The molecule has 0 spiro atoms. The number of benzene rings is 2. The summed E-state index contributed by atoms with van der Waals surface area (Å²) in [5.74, 6) is 4.79. The van der Waals surface area contributed by atoms with Crippen LogP contribution in [-0.2, 0) is 4.79 Å². The van der Waals surface area contributed by atoms with Crippen molar-refractivity contribution in [1.29, 1.82) is 0 Å². The molecule has 0 radical (unpaired) electrons. The molecular weight excluding hydrogens is 362 g/mol. The minimum atomic E-state index is -0.725. The van der Waals surface area contributed by atoms with E-state index in [4.69, 9.17) is 5.84 Å². The molecular formula is C19H17N5O4. The lowest BCUT2D eigenvalue weighted by Crippen LogP contribution is -2.31. The summed E-state index contributed by atoms with van der Waals surface area (Å²) in [6, 6.07) is 12.0. The number of carbonyl (C=O) groups is 2. The van der Waals surface area contributed by atoms with Crippen LogP contribution in [0.2, 0.25) is 0 Å². The van der Waals surface area contributed by atoms with Crippen LogP contribution >= 0.6 is 0 Å². The zero-order valence-corrected chi connectivity index (χ0v) is 14.9. The molecule has 0 saturated heterocycles. The number of hydrogen-bond acceptors (Lipinski definition) is 5. The Labute approximate surface area is 158 Å². The van der Waals surface area contributed by atoms with Crippen molar-refractivity contribution in [1.82, 2.24) is 15.4 Å². The summed E-state index contributed by atoms with van der Waals surface area (Å²) in [6.45, 7) is 1.91. The molecule has 0 aliphatic carbocycles. The molecule has 28 heavy (non-hydrogen) atoms. The van der Waals surface area contributed by atoms with Crippen molar-refractivity contribution in [3.8, 4) is 11.1 Å². The first kappa shape index (κ1) is 18.8. The van der Waals surface area contributed by atoms with Crippen molar-refractivity contribution in [2.24, 2.45) is 5.84 Å². The maximum absolute atomic E-state index is 12.2. The van der Waals surface area contributed by atoms with Gasteiger partial charge in [-0.3, -0.25) is 29.7 Å². The second-order valence-corrected chi connectivity index (χ2v) is 6.01. The van der Waals surface area contributed by atoms with Crippen LogP contribution in [0.15, 0.2) is 58.3 Å². The van der Waals surface area contributed by atoms with Gasteiger partial charge in [-0.1, -0.05) is 29.8 Å². The van der Waals surface area contributed by atoms with Gasteiger partial charge < -0.3 is 4.98 Å². The number of nitrogens with zero attached hydrogens (tertiary/aromatic N) is 1. The molecule has 9 heteroatoms. The molecule has 5 N–H and O–H groups in total. The lowest BCUT2D eigenvalue weighted by atomic mass is 9.97. The van der Waals surface area contributed by atoms with Crippen LogP contribution < -0.4 is 27.4 Å². The second-order valence-electron chi connectivity index (χ2n) is 6.01. The van der Waals surface area contributed by atoms with Crippen molar-refractivity contribution in [2.45, 2.75) is 6.92 Å². The predicted molar refractivity (Wildman–Crippen MR) is 104 cm³/mol. The summed E-state index contributed by atoms with van der Waals surface area (Å²) < 4.78 is 0. The lowest BCUT2D eigenvalue weighted by molar-refractivity contribution is -0.106. The van der Waals surface area contributed by atoms with Crippen LogP contribution in [0.4, 0.5) is 11.4 Å². The van der Waals surface area contributed by atoms with Gasteiger partial charge in [-0.2, -0.15) is 0 Å². The molecule has 9 nitrogen and oxygen atoms in total. The van der Waals surface area contributed by atoms with E-state index in [2.05, 4.69) is 15.4 Å².